The molecule has 0 amide bonds. The molecule has 0 aliphatic carbocycles. The smallest absolute Gasteiger partial charge is 0.208 e. The maximum absolute atomic E-state index is 14.3. The van der Waals surface area contributed by atoms with Crippen molar-refractivity contribution in [1.82, 2.24) is 4.98 Å². The van der Waals surface area contributed by atoms with Gasteiger partial charge in [0.2, 0.25) is 9.84 Å². The van der Waals surface area contributed by atoms with Crippen molar-refractivity contribution in [2.45, 2.75) is 16.7 Å². The normalized spacial score (nSPS) is 11.7. The third kappa shape index (κ3) is 3.27. The summed E-state index contributed by atoms with van der Waals surface area (Å²) >= 11 is 0. The number of rotatable bonds is 3. The number of aromatic nitrogens is 1. The van der Waals surface area contributed by atoms with Crippen molar-refractivity contribution in [1.29, 1.82) is 0 Å². The number of hydrogen-bond acceptors (Lipinski definition) is 3. The first-order valence-corrected chi connectivity index (χ1v) is 10.1. The van der Waals surface area contributed by atoms with Crippen LogP contribution in [-0.4, -0.2) is 13.4 Å². The molecule has 146 valence electrons. The summed E-state index contributed by atoms with van der Waals surface area (Å²) in [4.78, 5) is 3.45. The molecule has 0 spiro atoms. The van der Waals surface area contributed by atoms with Gasteiger partial charge >= 0.3 is 0 Å². The number of aryl methyl sites for hydroxylation is 1. The molecule has 0 unspecified atom stereocenters. The highest BCUT2D eigenvalue weighted by atomic mass is 32.2. The van der Waals surface area contributed by atoms with E-state index in [1.54, 1.807) is 0 Å². The minimum Gasteiger partial charge on any atom is -0.252 e. The lowest BCUT2D eigenvalue weighted by molar-refractivity contribution is 0.589. The van der Waals surface area contributed by atoms with E-state index in [0.717, 1.165) is 18.3 Å². The molecule has 7 heteroatoms. The Morgan fingerprint density at radius 3 is 2.34 bits per heavy atom. The Labute approximate surface area is 165 Å². The number of sulfone groups is 1. The van der Waals surface area contributed by atoms with E-state index in [-0.39, 0.29) is 31.8 Å². The van der Waals surface area contributed by atoms with Gasteiger partial charge in [0, 0.05) is 17.1 Å². The third-order valence-electron chi connectivity index (χ3n) is 4.67. The van der Waals surface area contributed by atoms with Gasteiger partial charge in [-0.3, -0.25) is 4.98 Å². The van der Waals surface area contributed by atoms with Gasteiger partial charge in [-0.05, 0) is 48.4 Å². The van der Waals surface area contributed by atoms with Crippen LogP contribution in [0.4, 0.5) is 13.2 Å². The van der Waals surface area contributed by atoms with E-state index in [1.807, 2.05) is 0 Å². The second kappa shape index (κ2) is 7.00. The summed E-state index contributed by atoms with van der Waals surface area (Å²) in [6, 6.07) is 13.0. The monoisotopic (exact) mass is 413 g/mol. The van der Waals surface area contributed by atoms with Crippen LogP contribution in [0.3, 0.4) is 0 Å². The maximum atomic E-state index is 14.3. The van der Waals surface area contributed by atoms with Crippen LogP contribution in [0.1, 0.15) is 5.56 Å². The van der Waals surface area contributed by atoms with Crippen LogP contribution in [0.5, 0.6) is 0 Å². The van der Waals surface area contributed by atoms with E-state index >= 15 is 0 Å². The van der Waals surface area contributed by atoms with Crippen LogP contribution in [0.2, 0.25) is 0 Å². The van der Waals surface area contributed by atoms with E-state index in [0.29, 0.717) is 5.56 Å². The molecule has 0 atom stereocenters. The predicted octanol–water partition coefficient (Wildman–Crippen LogP) is 5.46. The SMILES string of the molecule is Cc1ccc(S(=O)(=O)c2cnc3c(F)cccc3c2-c2cccc(F)c2)cc1F. The van der Waals surface area contributed by atoms with Crippen LogP contribution in [0.25, 0.3) is 22.0 Å². The molecular weight excluding hydrogens is 399 g/mol. The molecule has 4 rings (SSSR count). The van der Waals surface area contributed by atoms with Crippen LogP contribution in [0, 0.1) is 24.4 Å². The first-order valence-electron chi connectivity index (χ1n) is 8.63. The van der Waals surface area contributed by atoms with E-state index in [1.165, 1.54) is 55.5 Å². The molecule has 29 heavy (non-hydrogen) atoms. The van der Waals surface area contributed by atoms with Gasteiger partial charge in [-0.15, -0.1) is 0 Å². The Hall–Kier alpha value is -3.19. The fourth-order valence-corrected chi connectivity index (χ4v) is 4.63. The first kappa shape index (κ1) is 19.1. The second-order valence-electron chi connectivity index (χ2n) is 6.56. The first-order chi connectivity index (χ1) is 13.8. The summed E-state index contributed by atoms with van der Waals surface area (Å²) in [5.74, 6) is -1.88. The highest BCUT2D eigenvalue weighted by molar-refractivity contribution is 7.91. The van der Waals surface area contributed by atoms with Gasteiger partial charge in [-0.25, -0.2) is 21.6 Å². The molecule has 0 saturated heterocycles. The minimum absolute atomic E-state index is 0.0409. The van der Waals surface area contributed by atoms with Crippen LogP contribution in [-0.2, 0) is 9.84 Å². The van der Waals surface area contributed by atoms with Gasteiger partial charge in [-0.1, -0.05) is 30.3 Å². The van der Waals surface area contributed by atoms with Crippen molar-refractivity contribution in [3.63, 3.8) is 0 Å². The van der Waals surface area contributed by atoms with Gasteiger partial charge < -0.3 is 0 Å². The molecule has 0 bridgehead atoms. The number of halogens is 3. The van der Waals surface area contributed by atoms with Crippen molar-refractivity contribution < 1.29 is 21.6 Å². The van der Waals surface area contributed by atoms with Gasteiger partial charge in [0.1, 0.15) is 23.0 Å². The minimum atomic E-state index is -4.22. The fraction of sp³-hybridized carbons (Fsp3) is 0.0455. The topological polar surface area (TPSA) is 47.0 Å². The molecule has 0 radical (unpaired) electrons. The number of benzene rings is 3. The van der Waals surface area contributed by atoms with Crippen LogP contribution in [0.15, 0.2) is 76.7 Å². The lowest BCUT2D eigenvalue weighted by Crippen LogP contribution is -2.07. The molecule has 4 aromatic rings. The average Bonchev–Trinajstić information content (AvgIpc) is 2.69. The van der Waals surface area contributed by atoms with E-state index in [4.69, 9.17) is 0 Å². The van der Waals surface area contributed by atoms with E-state index < -0.39 is 27.3 Å². The lowest BCUT2D eigenvalue weighted by Gasteiger charge is -2.14. The molecule has 0 fully saturated rings. The van der Waals surface area contributed by atoms with Crippen LogP contribution < -0.4 is 0 Å². The number of nitrogens with zero attached hydrogens (tertiary/aromatic N) is 1. The zero-order valence-electron chi connectivity index (χ0n) is 15.2. The summed E-state index contributed by atoms with van der Waals surface area (Å²) in [5.41, 5.74) is 0.609. The number of fused-ring (bicyclic) bond motifs is 1. The summed E-state index contributed by atoms with van der Waals surface area (Å²) < 4.78 is 68.8. The fourth-order valence-electron chi connectivity index (χ4n) is 3.18. The van der Waals surface area contributed by atoms with Gasteiger partial charge in [-0.2, -0.15) is 0 Å². The van der Waals surface area contributed by atoms with Gasteiger partial charge in [0.05, 0.1) is 9.79 Å². The molecular formula is C22H14F3NO2S. The van der Waals surface area contributed by atoms with Crippen molar-refractivity contribution in [3.8, 4) is 11.1 Å². The highest BCUT2D eigenvalue weighted by Crippen LogP contribution is 2.37. The van der Waals surface area contributed by atoms with Crippen molar-refractivity contribution in [2.24, 2.45) is 0 Å². The average molecular weight is 413 g/mol. The molecule has 1 aromatic heterocycles. The van der Waals surface area contributed by atoms with Crippen molar-refractivity contribution in [2.75, 3.05) is 0 Å². The number of para-hydroxylation sites is 1. The summed E-state index contributed by atoms with van der Waals surface area (Å²) in [5, 5.41) is 0.212. The summed E-state index contributed by atoms with van der Waals surface area (Å²) in [6.45, 7) is 1.52. The zero-order chi connectivity index (χ0) is 20.8. The standard InChI is InChI=1S/C22H14F3NO2S/c1-13-8-9-16(11-19(13)25)29(27,28)20-12-26-22-17(6-3-7-18(22)24)21(20)14-4-2-5-15(23)10-14/h2-12H,1H3. The molecule has 0 saturated carbocycles. The largest absolute Gasteiger partial charge is 0.252 e. The molecule has 3 nitrogen and oxygen atoms in total. The van der Waals surface area contributed by atoms with E-state index in [2.05, 4.69) is 4.98 Å². The molecule has 3 aromatic carbocycles. The Kier molecular flexibility index (Phi) is 4.62. The Morgan fingerprint density at radius 2 is 1.62 bits per heavy atom. The quantitative estimate of drug-likeness (QED) is 0.448. The second-order valence-corrected chi connectivity index (χ2v) is 8.48. The van der Waals surface area contributed by atoms with E-state index in [9.17, 15) is 21.6 Å². The van der Waals surface area contributed by atoms with Gasteiger partial charge in [0.25, 0.3) is 0 Å². The number of hydrogen-bond donors (Lipinski definition) is 0. The zero-order valence-corrected chi connectivity index (χ0v) is 16.0. The predicted molar refractivity (Wildman–Crippen MR) is 104 cm³/mol. The van der Waals surface area contributed by atoms with Crippen LogP contribution >= 0.6 is 0 Å². The summed E-state index contributed by atoms with van der Waals surface area (Å²) in [7, 11) is -4.22. The Bertz CT molecular complexity index is 1370. The Morgan fingerprint density at radius 1 is 0.862 bits per heavy atom. The van der Waals surface area contributed by atoms with Crippen molar-refractivity contribution >= 4 is 20.7 Å². The summed E-state index contributed by atoms with van der Waals surface area (Å²) in [6.07, 6.45) is 1.03. The molecule has 0 N–H and O–H groups in total. The number of pyridine rings is 1. The lowest BCUT2D eigenvalue weighted by atomic mass is 10.0. The highest BCUT2D eigenvalue weighted by Gasteiger charge is 2.26. The third-order valence-corrected chi connectivity index (χ3v) is 6.43. The molecule has 0 aliphatic rings. The van der Waals surface area contributed by atoms with Crippen molar-refractivity contribution in [3.05, 3.63) is 89.9 Å². The van der Waals surface area contributed by atoms with Gasteiger partial charge in [0.15, 0.2) is 0 Å². The molecule has 1 heterocycles. The molecule has 0 aliphatic heterocycles. The maximum Gasteiger partial charge on any atom is 0.208 e. The Balaban J connectivity index is 2.09.